The van der Waals surface area contributed by atoms with Crippen molar-refractivity contribution in [3.8, 4) is 11.5 Å². The number of methoxy groups -OCH3 is 2. The number of hydrogen-bond acceptors (Lipinski definition) is 6. The molecular weight excluding hydrogens is 376 g/mol. The number of nitrogens with one attached hydrogen (secondary N) is 3. The highest BCUT2D eigenvalue weighted by Gasteiger charge is 2.17. The minimum atomic E-state index is -0.686. The van der Waals surface area contributed by atoms with Crippen molar-refractivity contribution in [2.45, 2.75) is 19.9 Å². The van der Waals surface area contributed by atoms with Gasteiger partial charge in [0.2, 0.25) is 17.7 Å². The van der Waals surface area contributed by atoms with Crippen LogP contribution >= 0.6 is 12.4 Å². The quantitative estimate of drug-likeness (QED) is 0.469. The first-order valence-electron chi connectivity index (χ1n) is 8.09. The van der Waals surface area contributed by atoms with Crippen molar-refractivity contribution in [2.24, 2.45) is 11.7 Å². The molecule has 3 amide bonds. The van der Waals surface area contributed by atoms with Crippen molar-refractivity contribution >= 4 is 35.8 Å². The second-order valence-corrected chi connectivity index (χ2v) is 5.91. The fraction of sp³-hybridized carbons (Fsp3) is 0.471. The van der Waals surface area contributed by atoms with Crippen LogP contribution in [0, 0.1) is 5.92 Å². The van der Waals surface area contributed by atoms with Crippen LogP contribution in [0.3, 0.4) is 0 Å². The number of carbonyl (C=O) groups is 3. The number of halogens is 1. The van der Waals surface area contributed by atoms with Gasteiger partial charge in [0.1, 0.15) is 11.5 Å². The molecular formula is C17H27ClN4O5. The third-order valence-electron chi connectivity index (χ3n) is 3.53. The standard InChI is InChI=1S/C17H26N4O5.ClH/c1-10(2)16(18)17(24)20-8-14(22)19-9-15(23)21-11-5-12(25-3)7-13(6-11)26-4;/h5-7,10,16H,8-9,18H2,1-4H3,(H,19,22)(H,20,24)(H,21,23);1H/t16-;/m0./s1. The maximum absolute atomic E-state index is 11.9. The molecule has 0 unspecified atom stereocenters. The fourth-order valence-corrected chi connectivity index (χ4v) is 1.91. The molecule has 0 heterocycles. The minimum Gasteiger partial charge on any atom is -0.497 e. The summed E-state index contributed by atoms with van der Waals surface area (Å²) in [5.74, 6) is -0.334. The Hall–Kier alpha value is -2.52. The summed E-state index contributed by atoms with van der Waals surface area (Å²) < 4.78 is 10.2. The van der Waals surface area contributed by atoms with E-state index >= 15 is 0 Å². The van der Waals surface area contributed by atoms with Gasteiger partial charge in [-0.05, 0) is 5.92 Å². The highest BCUT2D eigenvalue weighted by atomic mass is 35.5. The van der Waals surface area contributed by atoms with E-state index in [0.29, 0.717) is 17.2 Å². The van der Waals surface area contributed by atoms with E-state index in [0.717, 1.165) is 0 Å². The average molecular weight is 403 g/mol. The fourth-order valence-electron chi connectivity index (χ4n) is 1.91. The maximum Gasteiger partial charge on any atom is 0.243 e. The van der Waals surface area contributed by atoms with Crippen molar-refractivity contribution in [1.82, 2.24) is 10.6 Å². The molecule has 0 aliphatic rings. The third-order valence-corrected chi connectivity index (χ3v) is 3.53. The highest BCUT2D eigenvalue weighted by molar-refractivity contribution is 5.95. The molecule has 0 radical (unpaired) electrons. The largest absolute Gasteiger partial charge is 0.497 e. The minimum absolute atomic E-state index is 0. The zero-order valence-electron chi connectivity index (χ0n) is 15.8. The molecule has 0 spiro atoms. The van der Waals surface area contributed by atoms with Crippen molar-refractivity contribution in [2.75, 3.05) is 32.6 Å². The lowest BCUT2D eigenvalue weighted by Crippen LogP contribution is -2.47. The molecule has 10 heteroatoms. The van der Waals surface area contributed by atoms with E-state index in [1.807, 2.05) is 13.8 Å². The molecule has 1 atom stereocenters. The molecule has 1 aromatic rings. The Bertz CT molecular complexity index is 632. The normalized spacial score (nSPS) is 11.0. The topological polar surface area (TPSA) is 132 Å². The Balaban J connectivity index is 0.00000676. The summed E-state index contributed by atoms with van der Waals surface area (Å²) in [4.78, 5) is 35.3. The van der Waals surface area contributed by atoms with Gasteiger partial charge in [0, 0.05) is 23.9 Å². The second-order valence-electron chi connectivity index (χ2n) is 5.91. The Morgan fingerprint density at radius 2 is 1.48 bits per heavy atom. The number of anilines is 1. The Morgan fingerprint density at radius 1 is 0.963 bits per heavy atom. The third kappa shape index (κ3) is 8.61. The lowest BCUT2D eigenvalue weighted by Gasteiger charge is -2.15. The smallest absolute Gasteiger partial charge is 0.243 e. The van der Waals surface area contributed by atoms with E-state index in [1.54, 1.807) is 18.2 Å². The molecule has 0 aromatic heterocycles. The molecule has 0 saturated heterocycles. The summed E-state index contributed by atoms with van der Waals surface area (Å²) in [6.45, 7) is 3.12. The van der Waals surface area contributed by atoms with Crippen LogP contribution in [0.1, 0.15) is 13.8 Å². The summed E-state index contributed by atoms with van der Waals surface area (Å²) in [7, 11) is 3.00. The van der Waals surface area contributed by atoms with Gasteiger partial charge in [-0.2, -0.15) is 0 Å². The molecule has 152 valence electrons. The van der Waals surface area contributed by atoms with Crippen LogP contribution in [0.25, 0.3) is 0 Å². The number of carbonyl (C=O) groups excluding carboxylic acids is 3. The first kappa shape index (κ1) is 24.5. The first-order chi connectivity index (χ1) is 12.3. The average Bonchev–Trinajstić information content (AvgIpc) is 2.63. The monoisotopic (exact) mass is 402 g/mol. The number of benzene rings is 1. The van der Waals surface area contributed by atoms with Crippen LogP contribution in [0.4, 0.5) is 5.69 Å². The van der Waals surface area contributed by atoms with Crippen molar-refractivity contribution < 1.29 is 23.9 Å². The summed E-state index contributed by atoms with van der Waals surface area (Å²) in [6.07, 6.45) is 0. The van der Waals surface area contributed by atoms with E-state index in [1.165, 1.54) is 14.2 Å². The molecule has 1 aromatic carbocycles. The zero-order chi connectivity index (χ0) is 19.7. The highest BCUT2D eigenvalue weighted by Crippen LogP contribution is 2.25. The molecule has 0 fully saturated rings. The van der Waals surface area contributed by atoms with E-state index in [9.17, 15) is 14.4 Å². The number of ether oxygens (including phenoxy) is 2. The molecule has 5 N–H and O–H groups in total. The second kappa shape index (κ2) is 12.0. The van der Waals surface area contributed by atoms with Gasteiger partial charge in [0.15, 0.2) is 0 Å². The van der Waals surface area contributed by atoms with Crippen LogP contribution < -0.4 is 31.2 Å². The van der Waals surface area contributed by atoms with Gasteiger partial charge >= 0.3 is 0 Å². The molecule has 1 rings (SSSR count). The van der Waals surface area contributed by atoms with E-state index in [-0.39, 0.29) is 31.4 Å². The van der Waals surface area contributed by atoms with Crippen LogP contribution in [0.5, 0.6) is 11.5 Å². The Labute approximate surface area is 164 Å². The number of amides is 3. The molecule has 0 aliphatic carbocycles. The van der Waals surface area contributed by atoms with Gasteiger partial charge < -0.3 is 31.2 Å². The van der Waals surface area contributed by atoms with Crippen LogP contribution in [0.15, 0.2) is 18.2 Å². The van der Waals surface area contributed by atoms with E-state index in [2.05, 4.69) is 16.0 Å². The van der Waals surface area contributed by atoms with Crippen LogP contribution in [-0.4, -0.2) is 51.1 Å². The molecule has 27 heavy (non-hydrogen) atoms. The Morgan fingerprint density at radius 3 is 1.96 bits per heavy atom. The number of hydrogen-bond donors (Lipinski definition) is 4. The van der Waals surface area contributed by atoms with Gasteiger partial charge in [-0.1, -0.05) is 13.8 Å². The predicted molar refractivity (Wildman–Crippen MR) is 104 cm³/mol. The lowest BCUT2D eigenvalue weighted by molar-refractivity contribution is -0.127. The van der Waals surface area contributed by atoms with Crippen molar-refractivity contribution in [3.63, 3.8) is 0 Å². The van der Waals surface area contributed by atoms with Gasteiger partial charge in [-0.25, -0.2) is 0 Å². The van der Waals surface area contributed by atoms with Gasteiger partial charge in [-0.3, -0.25) is 14.4 Å². The summed E-state index contributed by atoms with van der Waals surface area (Å²) in [5.41, 5.74) is 6.14. The van der Waals surface area contributed by atoms with Crippen LogP contribution in [0.2, 0.25) is 0 Å². The van der Waals surface area contributed by atoms with Gasteiger partial charge in [0.25, 0.3) is 0 Å². The molecule has 0 saturated carbocycles. The van der Waals surface area contributed by atoms with Crippen molar-refractivity contribution in [3.05, 3.63) is 18.2 Å². The number of rotatable bonds is 9. The number of nitrogens with two attached hydrogens (primary N) is 1. The van der Waals surface area contributed by atoms with E-state index in [4.69, 9.17) is 15.2 Å². The van der Waals surface area contributed by atoms with Crippen molar-refractivity contribution in [1.29, 1.82) is 0 Å². The maximum atomic E-state index is 11.9. The van der Waals surface area contributed by atoms with Crippen LogP contribution in [-0.2, 0) is 14.4 Å². The lowest BCUT2D eigenvalue weighted by atomic mass is 10.1. The van der Waals surface area contributed by atoms with Gasteiger partial charge in [-0.15, -0.1) is 12.4 Å². The molecule has 9 nitrogen and oxygen atoms in total. The Kier molecular flexibility index (Phi) is 10.9. The molecule has 0 aliphatic heterocycles. The first-order valence-corrected chi connectivity index (χ1v) is 8.09. The molecule has 0 bridgehead atoms. The zero-order valence-corrected chi connectivity index (χ0v) is 16.6. The van der Waals surface area contributed by atoms with Gasteiger partial charge in [0.05, 0.1) is 33.4 Å². The summed E-state index contributed by atoms with van der Waals surface area (Å²) in [5, 5.41) is 7.46. The SMILES string of the molecule is COc1cc(NC(=O)CNC(=O)CNC(=O)[C@@H](N)C(C)C)cc(OC)c1.Cl. The summed E-state index contributed by atoms with van der Waals surface area (Å²) in [6, 6.07) is 4.22. The van der Waals surface area contributed by atoms with E-state index < -0.39 is 23.8 Å². The predicted octanol–water partition coefficient (Wildman–Crippen LogP) is 0.280. The summed E-state index contributed by atoms with van der Waals surface area (Å²) >= 11 is 0.